The maximum absolute atomic E-state index is 10.8. The molecule has 0 fully saturated rings. The van der Waals surface area contributed by atoms with Crippen LogP contribution in [0.1, 0.15) is 12.8 Å². The minimum absolute atomic E-state index is 0.514. The van der Waals surface area contributed by atoms with Crippen molar-refractivity contribution >= 4 is 6.29 Å². The summed E-state index contributed by atoms with van der Waals surface area (Å²) in [5.41, 5.74) is 3.56. The van der Waals surface area contributed by atoms with Gasteiger partial charge in [0.05, 0.1) is 0 Å². The number of carbonyl (C=O) groups excluding carboxylic acids is 1. The van der Waals surface area contributed by atoms with Crippen molar-refractivity contribution in [3.8, 4) is 0 Å². The van der Waals surface area contributed by atoms with Crippen molar-refractivity contribution in [2.75, 3.05) is 6.54 Å². The average Bonchev–Trinajstić information content (AvgIpc) is 2.29. The predicted molar refractivity (Wildman–Crippen MR) is 58.9 cm³/mol. The molecule has 0 bridgehead atoms. The molecule has 0 aromatic carbocycles. The molecule has 0 N–H and O–H groups in total. The van der Waals surface area contributed by atoms with Crippen LogP contribution in [0.4, 0.5) is 0 Å². The van der Waals surface area contributed by atoms with Gasteiger partial charge in [0.15, 0.2) is 0 Å². The molecule has 2 aliphatic heterocycles. The van der Waals surface area contributed by atoms with Gasteiger partial charge in [-0.15, -0.1) is 0 Å². The third kappa shape index (κ3) is 1.29. The molecular weight excluding hydrogens is 186 g/mol. The van der Waals surface area contributed by atoms with E-state index in [-0.39, 0.29) is 0 Å². The highest BCUT2D eigenvalue weighted by Crippen LogP contribution is 2.38. The molecule has 3 aliphatic rings. The number of hydrogen-bond acceptors (Lipinski definition) is 2. The van der Waals surface area contributed by atoms with Crippen LogP contribution in [-0.2, 0) is 4.79 Å². The zero-order chi connectivity index (χ0) is 10.3. The molecule has 0 saturated carbocycles. The van der Waals surface area contributed by atoms with Gasteiger partial charge in [-0.3, -0.25) is 4.79 Å². The molecule has 0 aromatic heterocycles. The fraction of sp³-hybridized carbons (Fsp3) is 0.308. The summed E-state index contributed by atoms with van der Waals surface area (Å²) in [5, 5.41) is 0. The fourth-order valence-corrected chi connectivity index (χ4v) is 2.65. The van der Waals surface area contributed by atoms with E-state index in [1.54, 1.807) is 0 Å². The summed E-state index contributed by atoms with van der Waals surface area (Å²) >= 11 is 0. The Morgan fingerprint density at radius 3 is 3.20 bits per heavy atom. The average molecular weight is 199 g/mol. The van der Waals surface area contributed by atoms with Gasteiger partial charge in [0.25, 0.3) is 0 Å². The SMILES string of the molecule is O=CC1=CC2=C3C(CC=CN3CC=C2)C1. The third-order valence-corrected chi connectivity index (χ3v) is 3.27. The first-order valence-electron chi connectivity index (χ1n) is 5.38. The van der Waals surface area contributed by atoms with Gasteiger partial charge in [-0.25, -0.2) is 0 Å². The van der Waals surface area contributed by atoms with E-state index in [2.05, 4.69) is 29.3 Å². The van der Waals surface area contributed by atoms with Crippen molar-refractivity contribution in [1.29, 1.82) is 0 Å². The van der Waals surface area contributed by atoms with Crippen molar-refractivity contribution in [2.45, 2.75) is 12.8 Å². The minimum atomic E-state index is 0.514. The fourth-order valence-electron chi connectivity index (χ4n) is 2.65. The van der Waals surface area contributed by atoms with Crippen LogP contribution in [0, 0.1) is 5.92 Å². The lowest BCUT2D eigenvalue weighted by molar-refractivity contribution is -0.105. The molecule has 2 heterocycles. The van der Waals surface area contributed by atoms with Gasteiger partial charge in [0, 0.05) is 24.4 Å². The highest BCUT2D eigenvalue weighted by Gasteiger charge is 2.28. The number of allylic oxidation sites excluding steroid dienone is 6. The Labute approximate surface area is 89.3 Å². The Kier molecular flexibility index (Phi) is 1.88. The summed E-state index contributed by atoms with van der Waals surface area (Å²) < 4.78 is 0. The van der Waals surface area contributed by atoms with Crippen LogP contribution in [0.3, 0.4) is 0 Å². The molecule has 1 aliphatic carbocycles. The molecule has 1 unspecified atom stereocenters. The van der Waals surface area contributed by atoms with Gasteiger partial charge in [0.1, 0.15) is 6.29 Å². The molecule has 15 heavy (non-hydrogen) atoms. The Hall–Kier alpha value is -1.57. The number of nitrogens with zero attached hydrogens (tertiary/aromatic N) is 1. The lowest BCUT2D eigenvalue weighted by Gasteiger charge is -2.38. The van der Waals surface area contributed by atoms with Gasteiger partial charge < -0.3 is 4.90 Å². The molecular formula is C13H13NO. The standard InChI is InChI=1S/C13H13NO/c15-9-10-7-11-3-1-5-14-6-2-4-12(8-10)13(11)14/h1-3,6-7,9,12H,4-5,8H2. The first kappa shape index (κ1) is 8.72. The van der Waals surface area contributed by atoms with Crippen LogP contribution in [0.5, 0.6) is 0 Å². The Bertz CT molecular complexity index is 426. The molecule has 3 rings (SSSR count). The summed E-state index contributed by atoms with van der Waals surface area (Å²) in [5.74, 6) is 0.514. The second-order valence-corrected chi connectivity index (χ2v) is 4.25. The maximum atomic E-state index is 10.8. The predicted octanol–water partition coefficient (Wildman–Crippen LogP) is 2.17. The van der Waals surface area contributed by atoms with Crippen LogP contribution >= 0.6 is 0 Å². The topological polar surface area (TPSA) is 20.3 Å². The third-order valence-electron chi connectivity index (χ3n) is 3.27. The lowest BCUT2D eigenvalue weighted by atomic mass is 9.82. The minimum Gasteiger partial charge on any atom is -0.347 e. The van der Waals surface area contributed by atoms with Gasteiger partial charge >= 0.3 is 0 Å². The lowest BCUT2D eigenvalue weighted by Crippen LogP contribution is -2.31. The number of aldehydes is 1. The quantitative estimate of drug-likeness (QED) is 0.603. The zero-order valence-corrected chi connectivity index (χ0v) is 8.52. The van der Waals surface area contributed by atoms with Crippen molar-refractivity contribution in [2.24, 2.45) is 5.92 Å². The number of carbonyl (C=O) groups is 1. The molecule has 2 nitrogen and oxygen atoms in total. The van der Waals surface area contributed by atoms with Crippen LogP contribution in [0.25, 0.3) is 0 Å². The van der Waals surface area contributed by atoms with Crippen LogP contribution in [0.2, 0.25) is 0 Å². The van der Waals surface area contributed by atoms with Gasteiger partial charge in [-0.1, -0.05) is 18.2 Å². The summed E-state index contributed by atoms with van der Waals surface area (Å²) in [6, 6.07) is 0. The molecule has 0 saturated heterocycles. The van der Waals surface area contributed by atoms with Gasteiger partial charge in [-0.2, -0.15) is 0 Å². The molecule has 0 amide bonds. The summed E-state index contributed by atoms with van der Waals surface area (Å²) in [7, 11) is 0. The Balaban J connectivity index is 2.11. The molecule has 2 heteroatoms. The van der Waals surface area contributed by atoms with Crippen LogP contribution in [-0.4, -0.2) is 17.7 Å². The summed E-state index contributed by atoms with van der Waals surface area (Å²) in [6.07, 6.45) is 13.6. The van der Waals surface area contributed by atoms with Crippen molar-refractivity contribution in [3.63, 3.8) is 0 Å². The van der Waals surface area contributed by atoms with Crippen molar-refractivity contribution in [3.05, 3.63) is 47.3 Å². The number of rotatable bonds is 1. The Morgan fingerprint density at radius 1 is 1.40 bits per heavy atom. The second kappa shape index (κ2) is 3.23. The molecule has 1 atom stereocenters. The first-order chi connectivity index (χ1) is 7.38. The van der Waals surface area contributed by atoms with Crippen LogP contribution in [0.15, 0.2) is 47.3 Å². The van der Waals surface area contributed by atoms with E-state index in [1.807, 2.05) is 6.08 Å². The van der Waals surface area contributed by atoms with Gasteiger partial charge in [-0.05, 0) is 30.1 Å². The number of hydrogen-bond donors (Lipinski definition) is 0. The van der Waals surface area contributed by atoms with E-state index in [0.29, 0.717) is 5.92 Å². The van der Waals surface area contributed by atoms with E-state index in [0.717, 1.165) is 31.2 Å². The molecule has 0 spiro atoms. The van der Waals surface area contributed by atoms with E-state index in [9.17, 15) is 4.79 Å². The largest absolute Gasteiger partial charge is 0.347 e. The summed E-state index contributed by atoms with van der Waals surface area (Å²) in [4.78, 5) is 13.1. The molecule has 0 radical (unpaired) electrons. The first-order valence-corrected chi connectivity index (χ1v) is 5.38. The monoisotopic (exact) mass is 199 g/mol. The molecule has 0 aromatic rings. The molecule has 76 valence electrons. The maximum Gasteiger partial charge on any atom is 0.146 e. The summed E-state index contributed by atoms with van der Waals surface area (Å²) in [6.45, 7) is 0.968. The Morgan fingerprint density at radius 2 is 2.33 bits per heavy atom. The second-order valence-electron chi connectivity index (χ2n) is 4.25. The van der Waals surface area contributed by atoms with Crippen LogP contribution < -0.4 is 0 Å². The zero-order valence-electron chi connectivity index (χ0n) is 8.52. The highest BCUT2D eigenvalue weighted by molar-refractivity contribution is 5.76. The van der Waals surface area contributed by atoms with Crippen molar-refractivity contribution < 1.29 is 4.79 Å². The van der Waals surface area contributed by atoms with E-state index < -0.39 is 0 Å². The smallest absolute Gasteiger partial charge is 0.146 e. The van der Waals surface area contributed by atoms with Crippen molar-refractivity contribution in [1.82, 2.24) is 4.90 Å². The highest BCUT2D eigenvalue weighted by atomic mass is 16.1. The van der Waals surface area contributed by atoms with Gasteiger partial charge in [0.2, 0.25) is 0 Å². The van der Waals surface area contributed by atoms with E-state index >= 15 is 0 Å². The normalized spacial score (nSPS) is 27.6. The van der Waals surface area contributed by atoms with E-state index in [1.165, 1.54) is 11.3 Å². The van der Waals surface area contributed by atoms with E-state index in [4.69, 9.17) is 0 Å².